The smallest absolute Gasteiger partial charge is 0.163 e. The topological polar surface area (TPSA) is 26.3 Å². The van der Waals surface area contributed by atoms with Gasteiger partial charge in [0.2, 0.25) is 0 Å². The summed E-state index contributed by atoms with van der Waals surface area (Å²) < 4.78 is 5.50. The fraction of sp³-hybridized carbons (Fsp3) is 0.462. The molecule has 1 aromatic carbocycles. The van der Waals surface area contributed by atoms with E-state index in [2.05, 4.69) is 13.0 Å². The molecule has 0 amide bonds. The first-order chi connectivity index (χ1) is 7.10. The first kappa shape index (κ1) is 11.8. The van der Waals surface area contributed by atoms with Gasteiger partial charge in [0.25, 0.3) is 0 Å². The number of Topliss-reactive ketones (excluding diaryl/α,β-unsaturated/α-hetero) is 1. The van der Waals surface area contributed by atoms with Crippen LogP contribution in [-0.2, 0) is 6.42 Å². The number of ether oxygens (including phenoxy) is 1. The van der Waals surface area contributed by atoms with Crippen LogP contribution in [0.3, 0.4) is 0 Å². The van der Waals surface area contributed by atoms with Crippen molar-refractivity contribution in [2.24, 2.45) is 0 Å². The van der Waals surface area contributed by atoms with Crippen molar-refractivity contribution in [2.45, 2.75) is 34.1 Å². The van der Waals surface area contributed by atoms with Crippen LogP contribution in [0.2, 0.25) is 0 Å². The van der Waals surface area contributed by atoms with Gasteiger partial charge in [0.15, 0.2) is 5.78 Å². The van der Waals surface area contributed by atoms with Gasteiger partial charge in [-0.15, -0.1) is 0 Å². The van der Waals surface area contributed by atoms with E-state index in [0.717, 1.165) is 28.9 Å². The van der Waals surface area contributed by atoms with E-state index in [1.807, 2.05) is 19.9 Å². The molecule has 0 radical (unpaired) electrons. The van der Waals surface area contributed by atoms with Gasteiger partial charge in [0.1, 0.15) is 5.75 Å². The van der Waals surface area contributed by atoms with Crippen molar-refractivity contribution in [2.75, 3.05) is 6.61 Å². The van der Waals surface area contributed by atoms with E-state index in [0.29, 0.717) is 6.61 Å². The van der Waals surface area contributed by atoms with Crippen LogP contribution in [0.25, 0.3) is 0 Å². The van der Waals surface area contributed by atoms with Gasteiger partial charge in [0, 0.05) is 0 Å². The fourth-order valence-electron chi connectivity index (χ4n) is 1.77. The molecule has 0 spiro atoms. The van der Waals surface area contributed by atoms with Crippen molar-refractivity contribution in [3.63, 3.8) is 0 Å². The number of carbonyl (C=O) groups is 1. The fourth-order valence-corrected chi connectivity index (χ4v) is 1.77. The summed E-state index contributed by atoms with van der Waals surface area (Å²) in [6.07, 6.45) is 0.858. The van der Waals surface area contributed by atoms with Crippen LogP contribution in [0.15, 0.2) is 12.1 Å². The minimum absolute atomic E-state index is 0.0790. The Balaban J connectivity index is 3.33. The van der Waals surface area contributed by atoms with E-state index < -0.39 is 0 Å². The molecular formula is C13H18O2. The maximum atomic E-state index is 11.6. The Labute approximate surface area is 91.3 Å². The molecule has 0 fully saturated rings. The Hall–Kier alpha value is -1.31. The molecule has 1 rings (SSSR count). The number of aryl methyl sites for hydroxylation is 2. The summed E-state index contributed by atoms with van der Waals surface area (Å²) in [4.78, 5) is 11.6. The van der Waals surface area contributed by atoms with Crippen LogP contribution in [0.5, 0.6) is 5.75 Å². The number of carbonyl (C=O) groups excluding carboxylic acids is 1. The van der Waals surface area contributed by atoms with E-state index in [1.165, 1.54) is 0 Å². The summed E-state index contributed by atoms with van der Waals surface area (Å²) >= 11 is 0. The number of ketones is 1. The van der Waals surface area contributed by atoms with E-state index >= 15 is 0 Å². The van der Waals surface area contributed by atoms with Gasteiger partial charge in [0.05, 0.1) is 12.2 Å². The Morgan fingerprint density at radius 2 is 2.00 bits per heavy atom. The SMILES string of the molecule is CCOc1cc(C)cc(CC)c1C(C)=O. The van der Waals surface area contributed by atoms with Gasteiger partial charge < -0.3 is 4.74 Å². The van der Waals surface area contributed by atoms with E-state index in [9.17, 15) is 4.79 Å². The molecule has 0 unspecified atom stereocenters. The maximum Gasteiger partial charge on any atom is 0.163 e. The number of hydrogen-bond acceptors (Lipinski definition) is 2. The molecule has 82 valence electrons. The van der Waals surface area contributed by atoms with Gasteiger partial charge >= 0.3 is 0 Å². The number of rotatable bonds is 4. The van der Waals surface area contributed by atoms with Crippen molar-refractivity contribution < 1.29 is 9.53 Å². The monoisotopic (exact) mass is 206 g/mol. The molecule has 2 nitrogen and oxygen atoms in total. The standard InChI is InChI=1S/C13H18O2/c1-5-11-7-9(3)8-12(15-6-2)13(11)10(4)14/h7-8H,5-6H2,1-4H3. The molecular weight excluding hydrogens is 188 g/mol. The van der Waals surface area contributed by atoms with Crippen LogP contribution in [0.4, 0.5) is 0 Å². The van der Waals surface area contributed by atoms with Gasteiger partial charge in [-0.25, -0.2) is 0 Å². The lowest BCUT2D eigenvalue weighted by atomic mass is 9.98. The van der Waals surface area contributed by atoms with Crippen molar-refractivity contribution >= 4 is 5.78 Å². The van der Waals surface area contributed by atoms with E-state index in [4.69, 9.17) is 4.74 Å². The van der Waals surface area contributed by atoms with Crippen molar-refractivity contribution in [3.05, 3.63) is 28.8 Å². The summed E-state index contributed by atoms with van der Waals surface area (Å²) in [7, 11) is 0. The Bertz CT molecular complexity index is 367. The average molecular weight is 206 g/mol. The van der Waals surface area contributed by atoms with E-state index in [1.54, 1.807) is 6.92 Å². The molecule has 2 heteroatoms. The van der Waals surface area contributed by atoms with Crippen molar-refractivity contribution in [1.82, 2.24) is 0 Å². The second-order valence-electron chi connectivity index (χ2n) is 3.64. The zero-order valence-corrected chi connectivity index (χ0v) is 9.89. The summed E-state index contributed by atoms with van der Waals surface area (Å²) in [5, 5.41) is 0. The molecule has 0 saturated carbocycles. The summed E-state index contributed by atoms with van der Waals surface area (Å²) in [5.74, 6) is 0.803. The third-order valence-corrected chi connectivity index (χ3v) is 2.36. The van der Waals surface area contributed by atoms with Gasteiger partial charge in [-0.2, -0.15) is 0 Å². The van der Waals surface area contributed by atoms with Gasteiger partial charge in [-0.1, -0.05) is 13.0 Å². The lowest BCUT2D eigenvalue weighted by Gasteiger charge is -2.13. The van der Waals surface area contributed by atoms with Crippen molar-refractivity contribution in [1.29, 1.82) is 0 Å². The molecule has 0 N–H and O–H groups in total. The second-order valence-corrected chi connectivity index (χ2v) is 3.64. The minimum Gasteiger partial charge on any atom is -0.493 e. The third kappa shape index (κ3) is 2.58. The van der Waals surface area contributed by atoms with E-state index in [-0.39, 0.29) is 5.78 Å². The highest BCUT2D eigenvalue weighted by Gasteiger charge is 2.13. The Morgan fingerprint density at radius 3 is 2.47 bits per heavy atom. The molecule has 0 aromatic heterocycles. The predicted octanol–water partition coefficient (Wildman–Crippen LogP) is 3.16. The summed E-state index contributed by atoms with van der Waals surface area (Å²) in [6, 6.07) is 3.98. The quantitative estimate of drug-likeness (QED) is 0.707. The number of hydrogen-bond donors (Lipinski definition) is 0. The molecule has 0 aliphatic heterocycles. The Morgan fingerprint density at radius 1 is 1.33 bits per heavy atom. The highest BCUT2D eigenvalue weighted by atomic mass is 16.5. The maximum absolute atomic E-state index is 11.6. The van der Waals surface area contributed by atoms with Crippen LogP contribution >= 0.6 is 0 Å². The largest absolute Gasteiger partial charge is 0.493 e. The molecule has 1 aromatic rings. The minimum atomic E-state index is 0.0790. The van der Waals surface area contributed by atoms with Crippen LogP contribution in [-0.4, -0.2) is 12.4 Å². The highest BCUT2D eigenvalue weighted by molar-refractivity contribution is 5.98. The predicted molar refractivity (Wildman–Crippen MR) is 61.7 cm³/mol. The van der Waals surface area contributed by atoms with Crippen LogP contribution in [0.1, 0.15) is 42.3 Å². The molecule has 0 aliphatic carbocycles. The molecule has 15 heavy (non-hydrogen) atoms. The summed E-state index contributed by atoms with van der Waals surface area (Å²) in [6.45, 7) is 8.18. The molecule has 0 bridgehead atoms. The van der Waals surface area contributed by atoms with Gasteiger partial charge in [-0.3, -0.25) is 4.79 Å². The third-order valence-electron chi connectivity index (χ3n) is 2.36. The molecule has 0 aliphatic rings. The molecule has 0 atom stereocenters. The lowest BCUT2D eigenvalue weighted by molar-refractivity contribution is 0.101. The zero-order valence-electron chi connectivity index (χ0n) is 9.89. The van der Waals surface area contributed by atoms with Crippen LogP contribution in [0, 0.1) is 6.92 Å². The highest BCUT2D eigenvalue weighted by Crippen LogP contribution is 2.25. The zero-order chi connectivity index (χ0) is 11.4. The normalized spacial score (nSPS) is 10.1. The van der Waals surface area contributed by atoms with Crippen LogP contribution < -0.4 is 4.74 Å². The molecule has 0 heterocycles. The number of benzene rings is 1. The second kappa shape index (κ2) is 4.96. The first-order valence-electron chi connectivity index (χ1n) is 5.37. The van der Waals surface area contributed by atoms with Crippen molar-refractivity contribution in [3.8, 4) is 5.75 Å². The summed E-state index contributed by atoms with van der Waals surface area (Å²) in [5.41, 5.74) is 2.95. The molecule has 0 saturated heterocycles. The average Bonchev–Trinajstić information content (AvgIpc) is 2.16. The van der Waals surface area contributed by atoms with Gasteiger partial charge in [-0.05, 0) is 44.4 Å². The lowest BCUT2D eigenvalue weighted by Crippen LogP contribution is -2.05. The first-order valence-corrected chi connectivity index (χ1v) is 5.37. The Kier molecular flexibility index (Phi) is 3.89.